The molecule has 0 aromatic carbocycles. The molecule has 0 aromatic heterocycles. The molecule has 1 amide bonds. The van der Waals surface area contributed by atoms with E-state index in [9.17, 15) is 24.3 Å². The highest BCUT2D eigenvalue weighted by Gasteiger charge is 2.77. The maximum atomic E-state index is 13.1. The Morgan fingerprint density at radius 1 is 1.19 bits per heavy atom. The Morgan fingerprint density at radius 2 is 1.89 bits per heavy atom. The Balaban J connectivity index is 1.53. The smallest absolute Gasteiger partial charge is 0.311 e. The van der Waals surface area contributed by atoms with Crippen LogP contribution in [0.2, 0.25) is 0 Å². The van der Waals surface area contributed by atoms with Crippen LogP contribution in [-0.4, -0.2) is 71.9 Å². The zero-order chi connectivity index (χ0) is 26.6. The summed E-state index contributed by atoms with van der Waals surface area (Å²) in [5.74, 6) is -4.17. The number of carbonyl (C=O) groups is 4. The van der Waals surface area contributed by atoms with Crippen molar-refractivity contribution in [2.45, 2.75) is 70.7 Å². The summed E-state index contributed by atoms with van der Waals surface area (Å²) in [7, 11) is 1.31. The van der Waals surface area contributed by atoms with Crippen molar-refractivity contribution in [2.24, 2.45) is 17.8 Å². The zero-order valence-electron chi connectivity index (χ0n) is 21.3. The van der Waals surface area contributed by atoms with Crippen LogP contribution in [0.3, 0.4) is 0 Å². The highest BCUT2D eigenvalue weighted by atomic mass is 16.8. The molecule has 0 aliphatic carbocycles. The van der Waals surface area contributed by atoms with Crippen LogP contribution in [0.15, 0.2) is 35.1 Å². The number of epoxide rings is 1. The number of ketones is 2. The first kappa shape index (κ1) is 26.2. The van der Waals surface area contributed by atoms with E-state index in [0.29, 0.717) is 0 Å². The van der Waals surface area contributed by atoms with E-state index >= 15 is 0 Å². The van der Waals surface area contributed by atoms with E-state index in [0.717, 1.165) is 5.57 Å². The third kappa shape index (κ3) is 4.21. The van der Waals surface area contributed by atoms with E-state index < -0.39 is 59.0 Å². The maximum absolute atomic E-state index is 13.1. The standard InChI is InChI=1S/C26H33NO9/c1-12(7-8-16(28)19-18(30)11-27-23(19)31)9-13(2)20-14(3)21-17(29)10-26(25(5,34-20)35-21)22(36-26)15(4)24(32)33-6/h7-9,13-15,20-22,28H,10-11H2,1-6H3,(H,27,31)/b8-7+,12-9+,19-16-. The van der Waals surface area contributed by atoms with Gasteiger partial charge in [0, 0.05) is 18.3 Å². The fraction of sp³-hybridized carbons (Fsp3) is 0.615. The predicted molar refractivity (Wildman–Crippen MR) is 125 cm³/mol. The molecule has 196 valence electrons. The van der Waals surface area contributed by atoms with Gasteiger partial charge in [0.25, 0.3) is 5.91 Å². The molecule has 0 aromatic rings. The lowest BCUT2D eigenvalue weighted by Gasteiger charge is -2.53. The fourth-order valence-electron chi connectivity index (χ4n) is 5.68. The lowest BCUT2D eigenvalue weighted by Crippen LogP contribution is -2.67. The minimum absolute atomic E-state index is 0.0864. The second-order valence-corrected chi connectivity index (χ2v) is 10.3. The second-order valence-electron chi connectivity index (χ2n) is 10.3. The molecule has 4 saturated heterocycles. The van der Waals surface area contributed by atoms with Gasteiger partial charge in [0.05, 0.1) is 25.7 Å². The second kappa shape index (κ2) is 9.24. The summed E-state index contributed by atoms with van der Waals surface area (Å²) in [5, 5.41) is 12.6. The number of amides is 1. The van der Waals surface area contributed by atoms with Gasteiger partial charge >= 0.3 is 5.97 Å². The molecule has 0 radical (unpaired) electrons. The number of fused-ring (bicyclic) bond motifs is 3. The first-order valence-electron chi connectivity index (χ1n) is 12.1. The Labute approximate surface area is 209 Å². The molecule has 4 aliphatic rings. The summed E-state index contributed by atoms with van der Waals surface area (Å²) < 4.78 is 23.5. The number of Topliss-reactive ketones (excluding diaryl/α,β-unsaturated/α-hetero) is 2. The summed E-state index contributed by atoms with van der Waals surface area (Å²) in [6.07, 6.45) is 3.33. The lowest BCUT2D eigenvalue weighted by atomic mass is 9.75. The maximum Gasteiger partial charge on any atom is 0.311 e. The summed E-state index contributed by atoms with van der Waals surface area (Å²) in [6.45, 7) is 9.01. The van der Waals surface area contributed by atoms with Gasteiger partial charge in [0.15, 0.2) is 23.0 Å². The largest absolute Gasteiger partial charge is 0.507 e. The van der Waals surface area contributed by atoms with Crippen molar-refractivity contribution in [2.75, 3.05) is 13.7 Å². The monoisotopic (exact) mass is 503 g/mol. The number of esters is 1. The first-order chi connectivity index (χ1) is 16.8. The number of methoxy groups -OCH3 is 1. The van der Waals surface area contributed by atoms with Crippen LogP contribution in [0, 0.1) is 17.8 Å². The molecule has 4 heterocycles. The molecule has 0 saturated carbocycles. The topological polar surface area (TPSA) is 141 Å². The number of aliphatic hydroxyl groups excluding tert-OH is 1. The van der Waals surface area contributed by atoms with Crippen LogP contribution in [-0.2, 0) is 38.1 Å². The average Bonchev–Trinajstić information content (AvgIpc) is 3.46. The van der Waals surface area contributed by atoms with E-state index in [1.165, 1.54) is 13.2 Å². The van der Waals surface area contributed by atoms with E-state index in [1.807, 2.05) is 26.8 Å². The number of hydrogen-bond acceptors (Lipinski definition) is 9. The molecule has 10 nitrogen and oxygen atoms in total. The van der Waals surface area contributed by atoms with Gasteiger partial charge in [0.2, 0.25) is 0 Å². The van der Waals surface area contributed by atoms with Gasteiger partial charge < -0.3 is 29.4 Å². The van der Waals surface area contributed by atoms with Gasteiger partial charge in [-0.05, 0) is 26.8 Å². The van der Waals surface area contributed by atoms with Gasteiger partial charge in [-0.25, -0.2) is 0 Å². The third-order valence-corrected chi connectivity index (χ3v) is 7.72. The lowest BCUT2D eigenvalue weighted by molar-refractivity contribution is -0.359. The minimum atomic E-state index is -1.22. The van der Waals surface area contributed by atoms with Crippen molar-refractivity contribution in [3.8, 4) is 0 Å². The Kier molecular flexibility index (Phi) is 6.74. The first-order valence-corrected chi connectivity index (χ1v) is 12.1. The highest BCUT2D eigenvalue weighted by Crippen LogP contribution is 2.59. The number of rotatable bonds is 6. The number of allylic oxidation sites excluding steroid dienone is 3. The predicted octanol–water partition coefficient (Wildman–Crippen LogP) is 1.69. The van der Waals surface area contributed by atoms with Crippen molar-refractivity contribution in [3.05, 3.63) is 35.1 Å². The Bertz CT molecular complexity index is 1070. The number of hydrogen-bond donors (Lipinski definition) is 2. The van der Waals surface area contributed by atoms with E-state index in [2.05, 4.69) is 5.32 Å². The molecule has 1 spiro atoms. The summed E-state index contributed by atoms with van der Waals surface area (Å²) >= 11 is 0. The van der Waals surface area contributed by atoms with Gasteiger partial charge in [-0.15, -0.1) is 0 Å². The number of aliphatic hydroxyl groups is 1. The zero-order valence-corrected chi connectivity index (χ0v) is 21.3. The SMILES string of the molecule is COC(=O)C(C)C1OC12CC(=O)C1OC2(C)OC(C(C)/C=C(C)/C=C/C(O)=C2\C(=O)CNC2=O)C1C. The van der Waals surface area contributed by atoms with E-state index in [-0.39, 0.29) is 36.2 Å². The van der Waals surface area contributed by atoms with Gasteiger partial charge in [0.1, 0.15) is 23.5 Å². The van der Waals surface area contributed by atoms with Crippen LogP contribution in [0.1, 0.15) is 41.0 Å². The average molecular weight is 504 g/mol. The molecule has 4 aliphatic heterocycles. The van der Waals surface area contributed by atoms with E-state index in [1.54, 1.807) is 19.9 Å². The number of nitrogens with one attached hydrogen (secondary N) is 1. The molecule has 10 heteroatoms. The van der Waals surface area contributed by atoms with Crippen LogP contribution in [0.4, 0.5) is 0 Å². The molecular formula is C26H33NO9. The Morgan fingerprint density at radius 3 is 2.50 bits per heavy atom. The van der Waals surface area contributed by atoms with Crippen LogP contribution in [0.5, 0.6) is 0 Å². The summed E-state index contributed by atoms with van der Waals surface area (Å²) in [5.41, 5.74) is -0.547. The number of carbonyl (C=O) groups excluding carboxylic acids is 4. The van der Waals surface area contributed by atoms with Gasteiger partial charge in [-0.1, -0.05) is 31.6 Å². The quantitative estimate of drug-likeness (QED) is 0.138. The third-order valence-electron chi connectivity index (χ3n) is 7.72. The van der Waals surface area contributed by atoms with Gasteiger partial charge in [-0.2, -0.15) is 0 Å². The van der Waals surface area contributed by atoms with Crippen molar-refractivity contribution in [1.29, 1.82) is 0 Å². The van der Waals surface area contributed by atoms with E-state index in [4.69, 9.17) is 18.9 Å². The highest BCUT2D eigenvalue weighted by molar-refractivity contribution is 6.25. The van der Waals surface area contributed by atoms with Crippen molar-refractivity contribution in [1.82, 2.24) is 5.32 Å². The summed E-state index contributed by atoms with van der Waals surface area (Å²) in [6, 6.07) is 0. The minimum Gasteiger partial charge on any atom is -0.507 e. The van der Waals surface area contributed by atoms with Crippen LogP contribution >= 0.6 is 0 Å². The molecule has 2 N–H and O–H groups in total. The molecule has 4 rings (SSSR count). The normalized spacial score (nSPS) is 39.3. The molecule has 4 fully saturated rings. The van der Waals surface area contributed by atoms with Crippen LogP contribution < -0.4 is 5.32 Å². The summed E-state index contributed by atoms with van der Waals surface area (Å²) in [4.78, 5) is 48.7. The molecule has 8 unspecified atom stereocenters. The van der Waals surface area contributed by atoms with Crippen molar-refractivity contribution >= 4 is 23.4 Å². The van der Waals surface area contributed by atoms with Crippen LogP contribution in [0.25, 0.3) is 0 Å². The fourth-order valence-corrected chi connectivity index (χ4v) is 5.68. The Hall–Kier alpha value is -2.82. The molecule has 8 atom stereocenters. The molecular weight excluding hydrogens is 470 g/mol. The molecule has 2 bridgehead atoms. The molecule has 36 heavy (non-hydrogen) atoms. The number of ether oxygens (including phenoxy) is 4. The van der Waals surface area contributed by atoms with Crippen molar-refractivity contribution in [3.63, 3.8) is 0 Å². The van der Waals surface area contributed by atoms with Gasteiger partial charge in [-0.3, -0.25) is 19.2 Å². The van der Waals surface area contributed by atoms with Crippen molar-refractivity contribution < 1.29 is 43.2 Å².